The van der Waals surface area contributed by atoms with Crippen LogP contribution in [0.5, 0.6) is 0 Å². The third kappa shape index (κ3) is 2.15. The molecule has 2 heterocycles. The fourth-order valence-electron chi connectivity index (χ4n) is 4.96. The van der Waals surface area contributed by atoms with Crippen molar-refractivity contribution in [3.05, 3.63) is 101 Å². The van der Waals surface area contributed by atoms with Crippen molar-refractivity contribution < 1.29 is 18.7 Å². The van der Waals surface area contributed by atoms with Crippen LogP contribution in [0, 0.1) is 5.82 Å². The highest BCUT2D eigenvalue weighted by molar-refractivity contribution is 6.16. The summed E-state index contributed by atoms with van der Waals surface area (Å²) in [6.07, 6.45) is 0.242. The molecular weight excluding hydrogens is 381 g/mol. The Balaban J connectivity index is 1.71. The molecule has 2 aliphatic rings. The zero-order valence-corrected chi connectivity index (χ0v) is 16.5. The number of amides is 1. The highest BCUT2D eigenvalue weighted by atomic mass is 19.1. The maximum Gasteiger partial charge on any atom is 0.323 e. The molecule has 0 aliphatic carbocycles. The molecule has 0 N–H and O–H groups in total. The van der Waals surface area contributed by atoms with Crippen LogP contribution in [-0.2, 0) is 31.9 Å². The number of carbonyl (C=O) groups is 2. The van der Waals surface area contributed by atoms with Gasteiger partial charge in [-0.25, -0.2) is 4.39 Å². The van der Waals surface area contributed by atoms with E-state index in [0.29, 0.717) is 17.8 Å². The Labute approximate surface area is 173 Å². The molecule has 0 unspecified atom stereocenters. The predicted octanol–water partition coefficient (Wildman–Crippen LogP) is 4.47. The van der Waals surface area contributed by atoms with Gasteiger partial charge in [0.1, 0.15) is 11.2 Å². The number of fused-ring (bicyclic) bond motifs is 2. The number of hydrogen-bond acceptors (Lipinski definition) is 3. The van der Waals surface area contributed by atoms with E-state index < -0.39 is 22.8 Å². The Hall–Kier alpha value is -3.47. The zero-order valence-electron chi connectivity index (χ0n) is 16.5. The molecule has 0 saturated carbocycles. The third-order valence-corrected chi connectivity index (χ3v) is 6.36. The van der Waals surface area contributed by atoms with Crippen LogP contribution in [0.15, 0.2) is 78.9 Å². The number of para-hydroxylation sites is 1. The molecule has 1 fully saturated rings. The van der Waals surface area contributed by atoms with E-state index in [9.17, 15) is 14.0 Å². The minimum Gasteiger partial charge on any atom is -0.441 e. The fraction of sp³-hybridized carbons (Fsp3) is 0.200. The lowest BCUT2D eigenvalue weighted by Crippen LogP contribution is -2.71. The number of halogens is 1. The monoisotopic (exact) mass is 401 g/mol. The number of anilines is 1. The number of benzene rings is 3. The molecule has 2 atom stereocenters. The van der Waals surface area contributed by atoms with Crippen molar-refractivity contribution in [2.24, 2.45) is 0 Å². The zero-order chi connectivity index (χ0) is 20.9. The molecule has 3 aromatic rings. The number of rotatable bonds is 4. The first-order chi connectivity index (χ1) is 14.6. The Morgan fingerprint density at radius 3 is 2.17 bits per heavy atom. The van der Waals surface area contributed by atoms with Gasteiger partial charge >= 0.3 is 5.97 Å². The summed E-state index contributed by atoms with van der Waals surface area (Å²) in [5.41, 5.74) is -0.517. The lowest BCUT2D eigenvalue weighted by Gasteiger charge is -2.53. The topological polar surface area (TPSA) is 46.6 Å². The summed E-state index contributed by atoms with van der Waals surface area (Å²) in [5, 5.41) is 0. The van der Waals surface area contributed by atoms with Crippen molar-refractivity contribution in [3.8, 4) is 0 Å². The van der Waals surface area contributed by atoms with E-state index in [0.717, 1.165) is 5.56 Å². The van der Waals surface area contributed by atoms with E-state index >= 15 is 0 Å². The number of nitrogens with zero attached hydrogens (tertiary/aromatic N) is 1. The third-order valence-electron chi connectivity index (χ3n) is 6.36. The number of ether oxygens (including phenoxy) is 1. The summed E-state index contributed by atoms with van der Waals surface area (Å²) in [4.78, 5) is 28.5. The van der Waals surface area contributed by atoms with Gasteiger partial charge in [-0.2, -0.15) is 0 Å². The molecule has 3 aromatic carbocycles. The lowest BCUT2D eigenvalue weighted by atomic mass is 9.58. The molecule has 1 spiro atoms. The first-order valence-corrected chi connectivity index (χ1v) is 10.00. The quantitative estimate of drug-likeness (QED) is 0.606. The van der Waals surface area contributed by atoms with Gasteiger partial charge in [0.25, 0.3) is 5.91 Å². The second kappa shape index (κ2) is 6.52. The van der Waals surface area contributed by atoms with Gasteiger partial charge in [-0.15, -0.1) is 0 Å². The molecule has 150 valence electrons. The van der Waals surface area contributed by atoms with Crippen LogP contribution < -0.4 is 4.90 Å². The van der Waals surface area contributed by atoms with Crippen LogP contribution in [0.3, 0.4) is 0 Å². The summed E-state index contributed by atoms with van der Waals surface area (Å²) in [5.74, 6) is -1.42. The van der Waals surface area contributed by atoms with Gasteiger partial charge in [0.15, 0.2) is 0 Å². The first-order valence-electron chi connectivity index (χ1n) is 10.00. The Morgan fingerprint density at radius 1 is 0.867 bits per heavy atom. The van der Waals surface area contributed by atoms with Crippen molar-refractivity contribution in [2.45, 2.75) is 30.9 Å². The fourth-order valence-corrected chi connectivity index (χ4v) is 4.96. The van der Waals surface area contributed by atoms with Crippen LogP contribution in [-0.4, -0.2) is 11.9 Å². The maximum atomic E-state index is 14.9. The summed E-state index contributed by atoms with van der Waals surface area (Å²) in [6.45, 7) is 2.14. The molecular formula is C25H20FNO3. The van der Waals surface area contributed by atoms with Crippen molar-refractivity contribution >= 4 is 17.6 Å². The van der Waals surface area contributed by atoms with Crippen LogP contribution >= 0.6 is 0 Å². The minimum absolute atomic E-state index is 0.202. The molecule has 0 radical (unpaired) electrons. The molecule has 1 saturated heterocycles. The van der Waals surface area contributed by atoms with Crippen LogP contribution in [0.2, 0.25) is 0 Å². The standard InChI is InChI=1S/C25H20FNO3/c1-2-24(18-12-6-8-14-20(18)26)23(29)30-25(24)19-13-7-9-15-21(19)27(22(25)28)16-17-10-4-3-5-11-17/h3-15H,2,16H2,1H3/t24-,25-/m1/s1. The average Bonchev–Trinajstić information content (AvgIpc) is 3.01. The van der Waals surface area contributed by atoms with Crippen molar-refractivity contribution in [3.63, 3.8) is 0 Å². The Morgan fingerprint density at radius 2 is 1.50 bits per heavy atom. The van der Waals surface area contributed by atoms with E-state index in [4.69, 9.17) is 4.74 Å². The molecule has 0 aromatic heterocycles. The van der Waals surface area contributed by atoms with Crippen molar-refractivity contribution in [2.75, 3.05) is 4.90 Å². The largest absolute Gasteiger partial charge is 0.441 e. The highest BCUT2D eigenvalue weighted by Crippen LogP contribution is 2.62. The average molecular weight is 401 g/mol. The second-order valence-corrected chi connectivity index (χ2v) is 7.70. The maximum absolute atomic E-state index is 14.9. The van der Waals surface area contributed by atoms with Gasteiger partial charge in [0.05, 0.1) is 12.2 Å². The summed E-state index contributed by atoms with van der Waals surface area (Å²) in [7, 11) is 0. The second-order valence-electron chi connectivity index (χ2n) is 7.70. The van der Waals surface area contributed by atoms with E-state index in [1.54, 1.807) is 36.1 Å². The van der Waals surface area contributed by atoms with Crippen molar-refractivity contribution in [1.82, 2.24) is 0 Å². The predicted molar refractivity (Wildman–Crippen MR) is 110 cm³/mol. The van der Waals surface area contributed by atoms with Crippen LogP contribution in [0.25, 0.3) is 0 Å². The summed E-state index contributed by atoms with van der Waals surface area (Å²) < 4.78 is 20.6. The SMILES string of the molecule is CC[C@@]1(c2ccccc2F)C(=O)O[C@]12C(=O)N(Cc1ccccc1)c1ccccc12. The van der Waals surface area contributed by atoms with E-state index in [-0.39, 0.29) is 17.9 Å². The summed E-state index contributed by atoms with van der Waals surface area (Å²) >= 11 is 0. The Kier molecular flexibility index (Phi) is 4.03. The molecule has 1 amide bonds. The minimum atomic E-state index is -1.56. The van der Waals surface area contributed by atoms with E-state index in [2.05, 4.69) is 0 Å². The smallest absolute Gasteiger partial charge is 0.323 e. The lowest BCUT2D eigenvalue weighted by molar-refractivity contribution is -0.224. The van der Waals surface area contributed by atoms with Crippen LogP contribution in [0.4, 0.5) is 10.1 Å². The first kappa shape index (κ1) is 18.6. The Bertz CT molecular complexity index is 1160. The van der Waals surface area contributed by atoms with Crippen molar-refractivity contribution in [1.29, 1.82) is 0 Å². The molecule has 4 nitrogen and oxygen atoms in total. The molecule has 2 aliphatic heterocycles. The molecule has 5 heteroatoms. The van der Waals surface area contributed by atoms with Gasteiger partial charge in [-0.05, 0) is 24.1 Å². The van der Waals surface area contributed by atoms with Gasteiger partial charge in [0, 0.05) is 11.1 Å². The van der Waals surface area contributed by atoms with Gasteiger partial charge in [-0.3, -0.25) is 9.59 Å². The van der Waals surface area contributed by atoms with E-state index in [1.807, 2.05) is 48.5 Å². The summed E-state index contributed by atoms with van der Waals surface area (Å²) in [6, 6.07) is 23.1. The van der Waals surface area contributed by atoms with Gasteiger partial charge < -0.3 is 9.64 Å². The molecule has 0 bridgehead atoms. The number of carbonyl (C=O) groups excluding carboxylic acids is 2. The normalized spacial score (nSPS) is 24.5. The number of esters is 1. The molecule has 30 heavy (non-hydrogen) atoms. The van der Waals surface area contributed by atoms with E-state index in [1.165, 1.54) is 6.07 Å². The van der Waals surface area contributed by atoms with Gasteiger partial charge in [0.2, 0.25) is 5.60 Å². The van der Waals surface area contributed by atoms with Crippen LogP contribution in [0.1, 0.15) is 30.0 Å². The highest BCUT2D eigenvalue weighted by Gasteiger charge is 2.78. The number of hydrogen-bond donors (Lipinski definition) is 0. The molecule has 5 rings (SSSR count). The van der Waals surface area contributed by atoms with Gasteiger partial charge in [-0.1, -0.05) is 73.7 Å².